The molecule has 0 bridgehead atoms. The molecule has 25 heavy (non-hydrogen) atoms. The first-order valence-electron chi connectivity index (χ1n) is 7.64. The van der Waals surface area contributed by atoms with Crippen LogP contribution in [0.2, 0.25) is 0 Å². The van der Waals surface area contributed by atoms with Crippen molar-refractivity contribution in [3.05, 3.63) is 53.0 Å². The number of nitrogens with one attached hydrogen (secondary N) is 1. The fraction of sp³-hybridized carbons (Fsp3) is 0.222. The van der Waals surface area contributed by atoms with Gasteiger partial charge < -0.3 is 19.5 Å². The number of para-hydroxylation sites is 3. The molecule has 2 aromatic rings. The van der Waals surface area contributed by atoms with Gasteiger partial charge in [0.2, 0.25) is 0 Å². The van der Waals surface area contributed by atoms with Crippen LogP contribution in [-0.4, -0.2) is 31.7 Å². The van der Waals surface area contributed by atoms with Gasteiger partial charge in [-0.25, -0.2) is 4.79 Å². The molecule has 1 N–H and O–H groups in total. The molecule has 0 heterocycles. The molecule has 0 radical (unpaired) electrons. The van der Waals surface area contributed by atoms with Gasteiger partial charge in [-0.1, -0.05) is 24.3 Å². The molecule has 0 aliphatic heterocycles. The van der Waals surface area contributed by atoms with E-state index < -0.39 is 18.5 Å². The van der Waals surface area contributed by atoms with Crippen molar-refractivity contribution >= 4 is 33.5 Å². The van der Waals surface area contributed by atoms with Crippen molar-refractivity contribution in [3.8, 4) is 11.5 Å². The Hall–Kier alpha value is -2.54. The van der Waals surface area contributed by atoms with Gasteiger partial charge in [-0.05, 0) is 47.1 Å². The van der Waals surface area contributed by atoms with Crippen LogP contribution in [0, 0.1) is 0 Å². The molecule has 0 unspecified atom stereocenters. The van der Waals surface area contributed by atoms with Crippen LogP contribution in [0.3, 0.4) is 0 Å². The Balaban J connectivity index is 1.77. The average Bonchev–Trinajstić information content (AvgIpc) is 2.61. The number of hydrogen-bond acceptors (Lipinski definition) is 5. The zero-order valence-corrected chi connectivity index (χ0v) is 15.2. The highest BCUT2D eigenvalue weighted by Gasteiger charge is 2.11. The van der Waals surface area contributed by atoms with E-state index in [9.17, 15) is 9.59 Å². The van der Waals surface area contributed by atoms with Gasteiger partial charge in [-0.3, -0.25) is 4.79 Å². The molecule has 7 heteroatoms. The molecular weight excluding hydrogens is 390 g/mol. The van der Waals surface area contributed by atoms with E-state index in [4.69, 9.17) is 14.2 Å². The number of carbonyl (C=O) groups is 2. The van der Waals surface area contributed by atoms with Crippen molar-refractivity contribution in [3.63, 3.8) is 0 Å². The van der Waals surface area contributed by atoms with Gasteiger partial charge in [0.1, 0.15) is 0 Å². The number of hydrogen-bond donors (Lipinski definition) is 1. The van der Waals surface area contributed by atoms with Crippen LogP contribution in [0.15, 0.2) is 53.0 Å². The number of benzene rings is 2. The van der Waals surface area contributed by atoms with Crippen LogP contribution in [0.25, 0.3) is 0 Å². The number of ether oxygens (including phenoxy) is 3. The number of anilines is 1. The maximum absolute atomic E-state index is 11.8. The summed E-state index contributed by atoms with van der Waals surface area (Å²) >= 11 is 3.32. The molecule has 6 nitrogen and oxygen atoms in total. The molecule has 132 valence electrons. The van der Waals surface area contributed by atoms with E-state index in [0.29, 0.717) is 23.8 Å². The predicted octanol–water partition coefficient (Wildman–Crippen LogP) is 3.41. The molecule has 0 aliphatic rings. The topological polar surface area (TPSA) is 73.9 Å². The Bertz CT molecular complexity index is 735. The van der Waals surface area contributed by atoms with Crippen molar-refractivity contribution in [1.29, 1.82) is 0 Å². The fourth-order valence-corrected chi connectivity index (χ4v) is 2.30. The summed E-state index contributed by atoms with van der Waals surface area (Å²) in [4.78, 5) is 23.5. The summed E-state index contributed by atoms with van der Waals surface area (Å²) in [6, 6.07) is 14.2. The lowest BCUT2D eigenvalue weighted by Gasteiger charge is -2.11. The molecule has 2 aromatic carbocycles. The number of esters is 1. The van der Waals surface area contributed by atoms with Crippen molar-refractivity contribution < 1.29 is 23.8 Å². The highest BCUT2D eigenvalue weighted by molar-refractivity contribution is 9.10. The number of amides is 1. The smallest absolute Gasteiger partial charge is 0.344 e. The summed E-state index contributed by atoms with van der Waals surface area (Å²) in [6.07, 6.45) is 0. The average molecular weight is 408 g/mol. The van der Waals surface area contributed by atoms with E-state index in [2.05, 4.69) is 21.2 Å². The number of rotatable bonds is 8. The normalized spacial score (nSPS) is 10.0. The molecule has 0 fully saturated rings. The molecule has 1 amide bonds. The van der Waals surface area contributed by atoms with Gasteiger partial charge >= 0.3 is 5.97 Å². The second kappa shape index (κ2) is 9.68. The lowest BCUT2D eigenvalue weighted by atomic mass is 10.3. The van der Waals surface area contributed by atoms with Crippen molar-refractivity contribution in [1.82, 2.24) is 0 Å². The third-order valence-corrected chi connectivity index (χ3v) is 3.70. The largest absolute Gasteiger partial charge is 0.490 e. The molecule has 2 rings (SSSR count). The van der Waals surface area contributed by atoms with E-state index in [1.54, 1.807) is 36.4 Å². The van der Waals surface area contributed by atoms with Gasteiger partial charge in [0.05, 0.1) is 12.3 Å². The van der Waals surface area contributed by atoms with Crippen LogP contribution in [0.4, 0.5) is 5.69 Å². The predicted molar refractivity (Wildman–Crippen MR) is 96.8 cm³/mol. The molecule has 0 atom stereocenters. The fourth-order valence-electron chi connectivity index (χ4n) is 1.92. The van der Waals surface area contributed by atoms with E-state index in [1.807, 2.05) is 19.1 Å². The first kappa shape index (κ1) is 18.8. The lowest BCUT2D eigenvalue weighted by molar-refractivity contribution is -0.149. The summed E-state index contributed by atoms with van der Waals surface area (Å²) in [6.45, 7) is 1.64. The van der Waals surface area contributed by atoms with Gasteiger partial charge in [-0.15, -0.1) is 0 Å². The van der Waals surface area contributed by atoms with Crippen molar-refractivity contribution in [2.45, 2.75) is 6.92 Å². The molecule has 0 saturated heterocycles. The molecule has 0 saturated carbocycles. The third-order valence-electron chi connectivity index (χ3n) is 3.01. The van der Waals surface area contributed by atoms with Crippen LogP contribution in [0.5, 0.6) is 11.5 Å². The van der Waals surface area contributed by atoms with Crippen molar-refractivity contribution in [2.75, 3.05) is 25.1 Å². The SMILES string of the molecule is CCOc1ccccc1OCC(=O)OCC(=O)Nc1ccccc1Br. The molecule has 0 spiro atoms. The van der Waals surface area contributed by atoms with E-state index in [0.717, 1.165) is 4.47 Å². The molecule has 0 aromatic heterocycles. The van der Waals surface area contributed by atoms with Gasteiger partial charge in [-0.2, -0.15) is 0 Å². The van der Waals surface area contributed by atoms with E-state index in [-0.39, 0.29) is 6.61 Å². The van der Waals surface area contributed by atoms with Crippen LogP contribution >= 0.6 is 15.9 Å². The van der Waals surface area contributed by atoms with Crippen molar-refractivity contribution in [2.24, 2.45) is 0 Å². The summed E-state index contributed by atoms with van der Waals surface area (Å²) in [5.74, 6) is -0.0908. The number of halogens is 1. The Morgan fingerprint density at radius 1 is 0.960 bits per heavy atom. The standard InChI is InChI=1S/C18H18BrNO5/c1-2-23-15-9-5-6-10-16(15)24-12-18(22)25-11-17(21)20-14-8-4-3-7-13(14)19/h3-10H,2,11-12H2,1H3,(H,20,21). The van der Waals surface area contributed by atoms with Gasteiger partial charge in [0, 0.05) is 4.47 Å². The first-order valence-corrected chi connectivity index (χ1v) is 8.44. The minimum Gasteiger partial charge on any atom is -0.490 e. The van der Waals surface area contributed by atoms with E-state index in [1.165, 1.54) is 0 Å². The summed E-state index contributed by atoms with van der Waals surface area (Å²) in [5, 5.41) is 2.64. The van der Waals surface area contributed by atoms with Gasteiger partial charge in [0.25, 0.3) is 5.91 Å². The van der Waals surface area contributed by atoms with Crippen LogP contribution in [0.1, 0.15) is 6.92 Å². The van der Waals surface area contributed by atoms with E-state index >= 15 is 0 Å². The summed E-state index contributed by atoms with van der Waals surface area (Å²) < 4.78 is 16.4. The highest BCUT2D eigenvalue weighted by atomic mass is 79.9. The maximum Gasteiger partial charge on any atom is 0.344 e. The lowest BCUT2D eigenvalue weighted by Crippen LogP contribution is -2.23. The summed E-state index contributed by atoms with van der Waals surface area (Å²) in [7, 11) is 0. The summed E-state index contributed by atoms with van der Waals surface area (Å²) in [5.41, 5.74) is 0.602. The minimum atomic E-state index is -0.645. The van der Waals surface area contributed by atoms with Crippen LogP contribution < -0.4 is 14.8 Å². The highest BCUT2D eigenvalue weighted by Crippen LogP contribution is 2.26. The first-order chi connectivity index (χ1) is 12.1. The quantitative estimate of drug-likeness (QED) is 0.678. The monoisotopic (exact) mass is 407 g/mol. The second-order valence-corrected chi connectivity index (χ2v) is 5.71. The second-order valence-electron chi connectivity index (χ2n) is 4.86. The number of carbonyl (C=O) groups excluding carboxylic acids is 2. The zero-order valence-electron chi connectivity index (χ0n) is 13.7. The minimum absolute atomic E-state index is 0.313. The zero-order chi connectivity index (χ0) is 18.1. The Morgan fingerprint density at radius 2 is 1.60 bits per heavy atom. The third kappa shape index (κ3) is 6.11. The Labute approximate surface area is 154 Å². The molecule has 0 aliphatic carbocycles. The Morgan fingerprint density at radius 3 is 2.28 bits per heavy atom. The van der Waals surface area contributed by atoms with Crippen LogP contribution in [-0.2, 0) is 14.3 Å². The Kier molecular flexibility index (Phi) is 7.28. The molecular formula is C18H18BrNO5. The van der Waals surface area contributed by atoms with Gasteiger partial charge in [0.15, 0.2) is 24.7 Å². The maximum atomic E-state index is 11.8.